The second-order valence-corrected chi connectivity index (χ2v) is 4.20. The van der Waals surface area contributed by atoms with Crippen LogP contribution in [0.3, 0.4) is 0 Å². The van der Waals surface area contributed by atoms with Crippen molar-refractivity contribution in [1.82, 2.24) is 19.3 Å². The third kappa shape index (κ3) is 2.74. The molecular formula is C12H18N4O. The van der Waals surface area contributed by atoms with Gasteiger partial charge in [-0.2, -0.15) is 5.10 Å². The van der Waals surface area contributed by atoms with Crippen LogP contribution in [0.5, 0.6) is 0 Å². The minimum Gasteiger partial charge on any atom is -0.388 e. The molecule has 2 aromatic heterocycles. The number of aliphatic hydroxyl groups excluding tert-OH is 1. The molecule has 0 radical (unpaired) electrons. The fourth-order valence-corrected chi connectivity index (χ4v) is 1.88. The summed E-state index contributed by atoms with van der Waals surface area (Å²) >= 11 is 0. The SMILES string of the molecule is CCCn1ccnc1CC(O)c1cnn(C)c1. The van der Waals surface area contributed by atoms with E-state index >= 15 is 0 Å². The number of aryl methyl sites for hydroxylation is 2. The van der Waals surface area contributed by atoms with E-state index in [-0.39, 0.29) is 0 Å². The summed E-state index contributed by atoms with van der Waals surface area (Å²) in [5.41, 5.74) is 0.832. The molecule has 5 heteroatoms. The molecule has 0 amide bonds. The molecule has 0 aliphatic carbocycles. The number of hydrogen-bond acceptors (Lipinski definition) is 3. The third-order valence-corrected chi connectivity index (χ3v) is 2.75. The monoisotopic (exact) mass is 234 g/mol. The van der Waals surface area contributed by atoms with Crippen molar-refractivity contribution in [3.63, 3.8) is 0 Å². The van der Waals surface area contributed by atoms with Gasteiger partial charge in [0.25, 0.3) is 0 Å². The molecule has 2 heterocycles. The molecule has 5 nitrogen and oxygen atoms in total. The lowest BCUT2D eigenvalue weighted by atomic mass is 10.1. The quantitative estimate of drug-likeness (QED) is 0.848. The number of aromatic nitrogens is 4. The van der Waals surface area contributed by atoms with E-state index < -0.39 is 6.10 Å². The fourth-order valence-electron chi connectivity index (χ4n) is 1.88. The van der Waals surface area contributed by atoms with Crippen LogP contribution in [-0.4, -0.2) is 24.4 Å². The lowest BCUT2D eigenvalue weighted by Crippen LogP contribution is -2.08. The van der Waals surface area contributed by atoms with Crippen molar-refractivity contribution in [3.8, 4) is 0 Å². The topological polar surface area (TPSA) is 55.9 Å². The highest BCUT2D eigenvalue weighted by Crippen LogP contribution is 2.16. The van der Waals surface area contributed by atoms with Gasteiger partial charge in [-0.25, -0.2) is 4.98 Å². The van der Waals surface area contributed by atoms with Crippen LogP contribution in [0, 0.1) is 0 Å². The summed E-state index contributed by atoms with van der Waals surface area (Å²) in [6, 6.07) is 0. The Labute approximate surface area is 101 Å². The van der Waals surface area contributed by atoms with Gasteiger partial charge in [0.05, 0.1) is 12.3 Å². The van der Waals surface area contributed by atoms with Gasteiger partial charge in [-0.15, -0.1) is 0 Å². The normalized spacial score (nSPS) is 12.9. The lowest BCUT2D eigenvalue weighted by Gasteiger charge is -2.10. The van der Waals surface area contributed by atoms with Crippen LogP contribution in [0.15, 0.2) is 24.8 Å². The Kier molecular flexibility index (Phi) is 3.58. The summed E-state index contributed by atoms with van der Waals surface area (Å²) in [5.74, 6) is 0.920. The Bertz CT molecular complexity index is 474. The lowest BCUT2D eigenvalue weighted by molar-refractivity contribution is 0.174. The van der Waals surface area contributed by atoms with Crippen molar-refractivity contribution < 1.29 is 5.11 Å². The van der Waals surface area contributed by atoms with Gasteiger partial charge in [0.15, 0.2) is 0 Å². The van der Waals surface area contributed by atoms with Crippen molar-refractivity contribution in [2.24, 2.45) is 7.05 Å². The van der Waals surface area contributed by atoms with Gasteiger partial charge in [0, 0.05) is 44.2 Å². The Morgan fingerprint density at radius 1 is 1.47 bits per heavy atom. The predicted molar refractivity (Wildman–Crippen MR) is 64.4 cm³/mol. The Morgan fingerprint density at radius 2 is 2.29 bits per heavy atom. The second-order valence-electron chi connectivity index (χ2n) is 4.20. The molecular weight excluding hydrogens is 216 g/mol. The van der Waals surface area contributed by atoms with Crippen LogP contribution < -0.4 is 0 Å². The first kappa shape index (κ1) is 11.9. The first-order valence-electron chi connectivity index (χ1n) is 5.87. The molecule has 1 N–H and O–H groups in total. The van der Waals surface area contributed by atoms with E-state index in [9.17, 15) is 5.11 Å². The molecule has 2 aromatic rings. The van der Waals surface area contributed by atoms with E-state index in [1.54, 1.807) is 17.1 Å². The van der Waals surface area contributed by atoms with Crippen molar-refractivity contribution in [3.05, 3.63) is 36.2 Å². The van der Waals surface area contributed by atoms with Gasteiger partial charge >= 0.3 is 0 Å². The smallest absolute Gasteiger partial charge is 0.111 e. The molecule has 1 atom stereocenters. The summed E-state index contributed by atoms with van der Waals surface area (Å²) in [4.78, 5) is 4.28. The number of aliphatic hydroxyl groups is 1. The Balaban J connectivity index is 2.07. The molecule has 0 spiro atoms. The van der Waals surface area contributed by atoms with Crippen LogP contribution in [-0.2, 0) is 20.0 Å². The van der Waals surface area contributed by atoms with Gasteiger partial charge in [-0.1, -0.05) is 6.92 Å². The second kappa shape index (κ2) is 5.14. The van der Waals surface area contributed by atoms with E-state index in [4.69, 9.17) is 0 Å². The third-order valence-electron chi connectivity index (χ3n) is 2.75. The number of imidazole rings is 1. The average molecular weight is 234 g/mol. The molecule has 0 aromatic carbocycles. The summed E-state index contributed by atoms with van der Waals surface area (Å²) < 4.78 is 3.77. The standard InChI is InChI=1S/C12H18N4O/c1-3-5-16-6-4-13-12(16)7-11(17)10-8-14-15(2)9-10/h4,6,8-9,11,17H,3,5,7H2,1-2H3. The molecule has 0 aliphatic heterocycles. The minimum atomic E-state index is -0.540. The maximum absolute atomic E-state index is 10.1. The highest BCUT2D eigenvalue weighted by atomic mass is 16.3. The highest BCUT2D eigenvalue weighted by Gasteiger charge is 2.13. The Hall–Kier alpha value is -1.62. The highest BCUT2D eigenvalue weighted by molar-refractivity contribution is 5.10. The van der Waals surface area contributed by atoms with E-state index in [2.05, 4.69) is 21.6 Å². The van der Waals surface area contributed by atoms with Gasteiger partial charge in [0.2, 0.25) is 0 Å². The van der Waals surface area contributed by atoms with E-state index in [1.165, 1.54) is 0 Å². The van der Waals surface area contributed by atoms with Crippen molar-refractivity contribution >= 4 is 0 Å². The van der Waals surface area contributed by atoms with Crippen molar-refractivity contribution in [2.75, 3.05) is 0 Å². The molecule has 0 saturated carbocycles. The molecule has 0 bridgehead atoms. The van der Waals surface area contributed by atoms with E-state index in [0.717, 1.165) is 24.4 Å². The maximum atomic E-state index is 10.1. The molecule has 0 saturated heterocycles. The van der Waals surface area contributed by atoms with Crippen molar-refractivity contribution in [1.29, 1.82) is 0 Å². The largest absolute Gasteiger partial charge is 0.388 e. The molecule has 17 heavy (non-hydrogen) atoms. The van der Waals surface area contributed by atoms with Crippen LogP contribution in [0.4, 0.5) is 0 Å². The van der Waals surface area contributed by atoms with Crippen LogP contribution in [0.2, 0.25) is 0 Å². The zero-order valence-corrected chi connectivity index (χ0v) is 10.2. The number of rotatable bonds is 5. The average Bonchev–Trinajstić information content (AvgIpc) is 2.89. The van der Waals surface area contributed by atoms with Gasteiger partial charge in [-0.3, -0.25) is 4.68 Å². The number of hydrogen-bond donors (Lipinski definition) is 1. The maximum Gasteiger partial charge on any atom is 0.111 e. The number of nitrogens with zero attached hydrogens (tertiary/aromatic N) is 4. The van der Waals surface area contributed by atoms with Crippen LogP contribution in [0.25, 0.3) is 0 Å². The van der Waals surface area contributed by atoms with E-state index in [0.29, 0.717) is 6.42 Å². The minimum absolute atomic E-state index is 0.526. The predicted octanol–water partition coefficient (Wildman–Crippen LogP) is 1.30. The zero-order chi connectivity index (χ0) is 12.3. The summed E-state index contributed by atoms with van der Waals surface area (Å²) in [5, 5.41) is 14.1. The first-order valence-corrected chi connectivity index (χ1v) is 5.87. The van der Waals surface area contributed by atoms with Crippen LogP contribution >= 0.6 is 0 Å². The van der Waals surface area contributed by atoms with Crippen molar-refractivity contribution in [2.45, 2.75) is 32.4 Å². The van der Waals surface area contributed by atoms with Gasteiger partial charge < -0.3 is 9.67 Å². The molecule has 2 rings (SSSR count). The fraction of sp³-hybridized carbons (Fsp3) is 0.500. The van der Waals surface area contributed by atoms with Gasteiger partial charge in [-0.05, 0) is 6.42 Å². The molecule has 1 unspecified atom stereocenters. The van der Waals surface area contributed by atoms with Crippen LogP contribution in [0.1, 0.15) is 30.8 Å². The molecule has 0 aliphatic rings. The molecule has 0 fully saturated rings. The first-order chi connectivity index (χ1) is 8.20. The van der Waals surface area contributed by atoms with E-state index in [1.807, 2.05) is 19.4 Å². The van der Waals surface area contributed by atoms with Gasteiger partial charge in [0.1, 0.15) is 5.82 Å². The summed E-state index contributed by atoms with van der Waals surface area (Å²) in [7, 11) is 1.84. The summed E-state index contributed by atoms with van der Waals surface area (Å²) in [6.07, 6.45) is 8.30. The Morgan fingerprint density at radius 3 is 2.94 bits per heavy atom. The summed E-state index contributed by atoms with van der Waals surface area (Å²) in [6.45, 7) is 3.07. The zero-order valence-electron chi connectivity index (χ0n) is 10.2. The molecule has 92 valence electrons.